The van der Waals surface area contributed by atoms with Gasteiger partial charge in [-0.1, -0.05) is 48.6 Å². The van der Waals surface area contributed by atoms with Crippen molar-refractivity contribution in [2.45, 2.75) is 0 Å². The Morgan fingerprint density at radius 1 is 0.857 bits per heavy atom. The zero-order valence-electron chi connectivity index (χ0n) is 14.9. The van der Waals surface area contributed by atoms with Gasteiger partial charge in [-0.05, 0) is 74.2 Å². The summed E-state index contributed by atoms with van der Waals surface area (Å²) in [5.74, 6) is 0.124. The summed E-state index contributed by atoms with van der Waals surface area (Å²) < 4.78 is 6.33. The SMILES string of the molecule is O=C(Oc1ccc2cc(/C=C/c3ccncc3)ccc2c1Br)c1ccccc1. The van der Waals surface area contributed by atoms with Gasteiger partial charge in [0.15, 0.2) is 0 Å². The monoisotopic (exact) mass is 429 g/mol. The Kier molecular flexibility index (Phi) is 5.31. The standard InChI is InChI=1S/C24H16BrNO2/c25-23-21-10-8-18(7-6-17-12-14-26-15-13-17)16-20(21)9-11-22(23)28-24(27)19-4-2-1-3-5-19/h1-16H/b7-6+. The minimum Gasteiger partial charge on any atom is -0.422 e. The number of esters is 1. The molecule has 3 nitrogen and oxygen atoms in total. The maximum atomic E-state index is 12.3. The van der Waals surface area contributed by atoms with Gasteiger partial charge in [-0.15, -0.1) is 0 Å². The fourth-order valence-electron chi connectivity index (χ4n) is 2.87. The van der Waals surface area contributed by atoms with Crippen LogP contribution in [0.4, 0.5) is 0 Å². The van der Waals surface area contributed by atoms with Gasteiger partial charge < -0.3 is 4.74 Å². The Morgan fingerprint density at radius 3 is 2.39 bits per heavy atom. The second kappa shape index (κ2) is 8.19. The van der Waals surface area contributed by atoms with E-state index >= 15 is 0 Å². The summed E-state index contributed by atoms with van der Waals surface area (Å²) in [6.45, 7) is 0. The first-order valence-corrected chi connectivity index (χ1v) is 9.57. The molecule has 1 aromatic heterocycles. The number of carbonyl (C=O) groups is 1. The molecule has 0 saturated carbocycles. The molecule has 0 aliphatic rings. The lowest BCUT2D eigenvalue weighted by Gasteiger charge is -2.09. The van der Waals surface area contributed by atoms with Crippen molar-refractivity contribution in [2.24, 2.45) is 0 Å². The number of pyridine rings is 1. The summed E-state index contributed by atoms with van der Waals surface area (Å²) in [7, 11) is 0. The molecule has 28 heavy (non-hydrogen) atoms. The fraction of sp³-hybridized carbons (Fsp3) is 0. The van der Waals surface area contributed by atoms with Gasteiger partial charge in [0.1, 0.15) is 5.75 Å². The molecule has 0 aliphatic heterocycles. The Balaban J connectivity index is 1.59. The summed E-state index contributed by atoms with van der Waals surface area (Å²) in [6, 6.07) is 22.8. The number of fused-ring (bicyclic) bond motifs is 1. The normalized spacial score (nSPS) is 11.0. The molecule has 0 fully saturated rings. The van der Waals surface area contributed by atoms with E-state index in [1.54, 1.807) is 24.5 Å². The summed E-state index contributed by atoms with van der Waals surface area (Å²) in [6.07, 6.45) is 7.66. The van der Waals surface area contributed by atoms with E-state index in [4.69, 9.17) is 4.74 Å². The molecular formula is C24H16BrNO2. The molecule has 0 bridgehead atoms. The smallest absolute Gasteiger partial charge is 0.343 e. The molecule has 0 atom stereocenters. The van der Waals surface area contributed by atoms with Crippen LogP contribution in [0.1, 0.15) is 21.5 Å². The molecule has 4 rings (SSSR count). The van der Waals surface area contributed by atoms with E-state index in [0.29, 0.717) is 11.3 Å². The van der Waals surface area contributed by atoms with Crippen molar-refractivity contribution < 1.29 is 9.53 Å². The highest BCUT2D eigenvalue weighted by molar-refractivity contribution is 9.10. The lowest BCUT2D eigenvalue weighted by Crippen LogP contribution is -2.08. The average Bonchev–Trinajstić information content (AvgIpc) is 2.75. The molecule has 4 aromatic rings. The van der Waals surface area contributed by atoms with Crippen molar-refractivity contribution in [1.29, 1.82) is 0 Å². The third-order valence-electron chi connectivity index (χ3n) is 4.33. The first-order chi connectivity index (χ1) is 13.7. The largest absolute Gasteiger partial charge is 0.422 e. The van der Waals surface area contributed by atoms with Crippen LogP contribution in [0, 0.1) is 0 Å². The second-order valence-electron chi connectivity index (χ2n) is 6.23. The van der Waals surface area contributed by atoms with Crippen LogP contribution < -0.4 is 4.74 Å². The van der Waals surface area contributed by atoms with Gasteiger partial charge in [0.05, 0.1) is 10.0 Å². The van der Waals surface area contributed by atoms with Gasteiger partial charge in [-0.3, -0.25) is 4.98 Å². The van der Waals surface area contributed by atoms with Crippen LogP contribution >= 0.6 is 15.9 Å². The summed E-state index contributed by atoms with van der Waals surface area (Å²) in [5.41, 5.74) is 2.70. The molecule has 136 valence electrons. The zero-order chi connectivity index (χ0) is 19.3. The van der Waals surface area contributed by atoms with Crippen molar-refractivity contribution in [2.75, 3.05) is 0 Å². The van der Waals surface area contributed by atoms with Crippen LogP contribution in [-0.2, 0) is 0 Å². The van der Waals surface area contributed by atoms with E-state index in [1.807, 2.05) is 60.7 Å². The van der Waals surface area contributed by atoms with E-state index in [-0.39, 0.29) is 5.97 Å². The highest BCUT2D eigenvalue weighted by Crippen LogP contribution is 2.34. The van der Waals surface area contributed by atoms with Crippen LogP contribution in [0.5, 0.6) is 5.75 Å². The number of ether oxygens (including phenoxy) is 1. The van der Waals surface area contributed by atoms with Crippen molar-refractivity contribution in [3.8, 4) is 5.75 Å². The van der Waals surface area contributed by atoms with Crippen LogP contribution in [0.3, 0.4) is 0 Å². The van der Waals surface area contributed by atoms with Crippen LogP contribution in [0.2, 0.25) is 0 Å². The van der Waals surface area contributed by atoms with E-state index < -0.39 is 0 Å². The summed E-state index contributed by atoms with van der Waals surface area (Å²) in [4.78, 5) is 16.3. The second-order valence-corrected chi connectivity index (χ2v) is 7.02. The summed E-state index contributed by atoms with van der Waals surface area (Å²) >= 11 is 3.58. The Hall–Kier alpha value is -3.24. The fourth-order valence-corrected chi connectivity index (χ4v) is 3.45. The van der Waals surface area contributed by atoms with Gasteiger partial charge in [0.25, 0.3) is 0 Å². The number of aromatic nitrogens is 1. The predicted molar refractivity (Wildman–Crippen MR) is 116 cm³/mol. The third-order valence-corrected chi connectivity index (χ3v) is 5.15. The number of halogens is 1. The van der Waals surface area contributed by atoms with E-state index in [9.17, 15) is 4.79 Å². The first kappa shape index (κ1) is 18.1. The quantitative estimate of drug-likeness (QED) is 0.278. The van der Waals surface area contributed by atoms with E-state index in [2.05, 4.69) is 33.1 Å². The molecule has 0 saturated heterocycles. The first-order valence-electron chi connectivity index (χ1n) is 8.78. The molecule has 0 aliphatic carbocycles. The maximum Gasteiger partial charge on any atom is 0.343 e. The lowest BCUT2D eigenvalue weighted by atomic mass is 10.1. The maximum absolute atomic E-state index is 12.3. The van der Waals surface area contributed by atoms with Gasteiger partial charge in [0.2, 0.25) is 0 Å². The van der Waals surface area contributed by atoms with Gasteiger partial charge in [-0.2, -0.15) is 0 Å². The molecule has 4 heteroatoms. The highest BCUT2D eigenvalue weighted by Gasteiger charge is 2.12. The highest BCUT2D eigenvalue weighted by atomic mass is 79.9. The number of carbonyl (C=O) groups excluding carboxylic acids is 1. The number of hydrogen-bond acceptors (Lipinski definition) is 3. The van der Waals surface area contributed by atoms with E-state index in [1.165, 1.54) is 0 Å². The Morgan fingerprint density at radius 2 is 1.61 bits per heavy atom. The van der Waals surface area contributed by atoms with Crippen molar-refractivity contribution in [3.63, 3.8) is 0 Å². The van der Waals surface area contributed by atoms with Gasteiger partial charge in [-0.25, -0.2) is 4.79 Å². The van der Waals surface area contributed by atoms with Crippen molar-refractivity contribution in [3.05, 3.63) is 106 Å². The molecule has 1 heterocycles. The minimum absolute atomic E-state index is 0.377. The number of hydrogen-bond donors (Lipinski definition) is 0. The molecule has 0 spiro atoms. The van der Waals surface area contributed by atoms with Crippen LogP contribution in [0.25, 0.3) is 22.9 Å². The van der Waals surface area contributed by atoms with Gasteiger partial charge >= 0.3 is 5.97 Å². The predicted octanol–water partition coefficient (Wildman–Crippen LogP) is 6.39. The Labute approximate surface area is 171 Å². The number of nitrogens with zero attached hydrogens (tertiary/aromatic N) is 1. The number of benzene rings is 3. The third kappa shape index (κ3) is 4.02. The van der Waals surface area contributed by atoms with Crippen LogP contribution in [-0.4, -0.2) is 11.0 Å². The van der Waals surface area contributed by atoms with Crippen molar-refractivity contribution >= 4 is 44.8 Å². The van der Waals surface area contributed by atoms with Gasteiger partial charge in [0, 0.05) is 12.4 Å². The molecule has 0 unspecified atom stereocenters. The topological polar surface area (TPSA) is 39.2 Å². The minimum atomic E-state index is -0.377. The van der Waals surface area contributed by atoms with Crippen LogP contribution in [0.15, 0.2) is 89.7 Å². The molecule has 0 radical (unpaired) electrons. The molecular weight excluding hydrogens is 414 g/mol. The molecule has 3 aromatic carbocycles. The van der Waals surface area contributed by atoms with E-state index in [0.717, 1.165) is 26.4 Å². The van der Waals surface area contributed by atoms with Crippen molar-refractivity contribution in [1.82, 2.24) is 4.98 Å². The summed E-state index contributed by atoms with van der Waals surface area (Å²) in [5, 5.41) is 2.04. The molecule has 0 amide bonds. The number of rotatable bonds is 4. The average molecular weight is 430 g/mol. The zero-order valence-corrected chi connectivity index (χ0v) is 16.5. The Bertz CT molecular complexity index is 1160. The lowest BCUT2D eigenvalue weighted by molar-refractivity contribution is 0.0734. The molecule has 0 N–H and O–H groups in total.